The molecule has 0 saturated heterocycles. The summed E-state index contributed by atoms with van der Waals surface area (Å²) in [6.45, 7) is 2.29. The van der Waals surface area contributed by atoms with Crippen molar-refractivity contribution in [1.82, 2.24) is 14.5 Å². The Hall–Kier alpha value is -3.06. The van der Waals surface area contributed by atoms with Crippen molar-refractivity contribution in [2.75, 3.05) is 5.32 Å². The monoisotopic (exact) mass is 364 g/mol. The smallest absolute Gasteiger partial charge is 0.261 e. The number of rotatable bonds is 4. The van der Waals surface area contributed by atoms with Crippen LogP contribution in [0.1, 0.15) is 12.0 Å². The van der Waals surface area contributed by atoms with E-state index in [1.165, 1.54) is 22.2 Å². The summed E-state index contributed by atoms with van der Waals surface area (Å²) in [4.78, 5) is 33.3. The number of nitrogens with one attached hydrogen (secondary N) is 1. The number of hydrogen-bond donors (Lipinski definition) is 1. The minimum atomic E-state index is -0.180. The highest BCUT2D eigenvalue weighted by Crippen LogP contribution is 2.26. The lowest BCUT2D eigenvalue weighted by Gasteiger charge is -2.06. The van der Waals surface area contributed by atoms with Crippen molar-refractivity contribution >= 4 is 43.5 Å². The van der Waals surface area contributed by atoms with Gasteiger partial charge >= 0.3 is 0 Å². The van der Waals surface area contributed by atoms with Gasteiger partial charge in [-0.2, -0.15) is 0 Å². The van der Waals surface area contributed by atoms with Gasteiger partial charge in [-0.1, -0.05) is 29.5 Å². The maximum absolute atomic E-state index is 12.4. The first-order valence-electron chi connectivity index (χ1n) is 8.21. The highest BCUT2D eigenvalue weighted by Gasteiger charge is 2.10. The quantitative estimate of drug-likeness (QED) is 0.602. The Morgan fingerprint density at radius 3 is 2.92 bits per heavy atom. The van der Waals surface area contributed by atoms with Crippen molar-refractivity contribution in [3.05, 3.63) is 64.7 Å². The Balaban J connectivity index is 1.46. The third-order valence-electron chi connectivity index (χ3n) is 4.10. The number of hydrogen-bond acceptors (Lipinski definition) is 5. The molecule has 0 aliphatic heterocycles. The number of thiazole rings is 1. The van der Waals surface area contributed by atoms with Crippen LogP contribution in [0.4, 0.5) is 5.13 Å². The van der Waals surface area contributed by atoms with Crippen LogP contribution in [0, 0.1) is 6.92 Å². The molecule has 4 rings (SSSR count). The van der Waals surface area contributed by atoms with Gasteiger partial charge in [-0.25, -0.2) is 9.97 Å². The maximum Gasteiger partial charge on any atom is 0.261 e. The second-order valence-corrected chi connectivity index (χ2v) is 7.08. The minimum absolute atomic E-state index is 0.140. The Labute approximate surface area is 153 Å². The van der Waals surface area contributed by atoms with E-state index in [0.717, 1.165) is 15.8 Å². The number of fused-ring (bicyclic) bond motifs is 2. The zero-order chi connectivity index (χ0) is 18.1. The fourth-order valence-corrected chi connectivity index (χ4v) is 3.73. The molecule has 2 aromatic heterocycles. The van der Waals surface area contributed by atoms with Gasteiger partial charge < -0.3 is 5.32 Å². The van der Waals surface area contributed by atoms with E-state index in [0.29, 0.717) is 16.0 Å². The number of benzene rings is 2. The number of carbonyl (C=O) groups excluding carboxylic acids is 1. The molecule has 0 saturated carbocycles. The highest BCUT2D eigenvalue weighted by atomic mass is 32.1. The van der Waals surface area contributed by atoms with E-state index >= 15 is 0 Å². The van der Waals surface area contributed by atoms with Crippen LogP contribution in [0.15, 0.2) is 53.6 Å². The van der Waals surface area contributed by atoms with Crippen LogP contribution in [-0.2, 0) is 11.3 Å². The van der Waals surface area contributed by atoms with Crippen molar-refractivity contribution in [1.29, 1.82) is 0 Å². The largest absolute Gasteiger partial charge is 0.302 e. The van der Waals surface area contributed by atoms with Gasteiger partial charge in [0, 0.05) is 13.0 Å². The average Bonchev–Trinajstić information content (AvgIpc) is 3.02. The van der Waals surface area contributed by atoms with E-state index in [-0.39, 0.29) is 24.4 Å². The first-order chi connectivity index (χ1) is 12.6. The molecule has 0 bridgehead atoms. The fourth-order valence-electron chi connectivity index (χ4n) is 2.75. The zero-order valence-corrected chi connectivity index (χ0v) is 14.9. The first-order valence-corrected chi connectivity index (χ1v) is 9.03. The molecule has 26 heavy (non-hydrogen) atoms. The molecule has 1 amide bonds. The molecule has 130 valence electrons. The molecular formula is C19H16N4O2S. The van der Waals surface area contributed by atoms with Gasteiger partial charge in [-0.15, -0.1) is 0 Å². The van der Waals surface area contributed by atoms with Gasteiger partial charge in [0.15, 0.2) is 5.13 Å². The summed E-state index contributed by atoms with van der Waals surface area (Å²) in [6, 6.07) is 13.2. The number of aryl methyl sites for hydroxylation is 2. The van der Waals surface area contributed by atoms with Crippen molar-refractivity contribution in [2.24, 2.45) is 0 Å². The molecule has 0 fully saturated rings. The molecule has 2 aromatic carbocycles. The van der Waals surface area contributed by atoms with Crippen LogP contribution in [0.2, 0.25) is 0 Å². The summed E-state index contributed by atoms with van der Waals surface area (Å²) < 4.78 is 2.50. The highest BCUT2D eigenvalue weighted by molar-refractivity contribution is 7.22. The fraction of sp³-hybridized carbons (Fsp3) is 0.158. The average molecular weight is 364 g/mol. The van der Waals surface area contributed by atoms with Crippen LogP contribution >= 0.6 is 11.3 Å². The van der Waals surface area contributed by atoms with E-state index in [9.17, 15) is 9.59 Å². The summed E-state index contributed by atoms with van der Waals surface area (Å²) in [5.74, 6) is -0.180. The predicted molar refractivity (Wildman–Crippen MR) is 104 cm³/mol. The van der Waals surface area contributed by atoms with Crippen molar-refractivity contribution in [3.8, 4) is 0 Å². The molecular weight excluding hydrogens is 348 g/mol. The van der Waals surface area contributed by atoms with Gasteiger partial charge in [0.05, 0.1) is 27.4 Å². The summed E-state index contributed by atoms with van der Waals surface area (Å²) in [5, 5.41) is 3.93. The molecule has 7 heteroatoms. The van der Waals surface area contributed by atoms with Crippen LogP contribution in [0.5, 0.6) is 0 Å². The summed E-state index contributed by atoms with van der Waals surface area (Å²) >= 11 is 1.44. The number of anilines is 1. The molecule has 0 aliphatic rings. The van der Waals surface area contributed by atoms with Crippen LogP contribution in [0.3, 0.4) is 0 Å². The standard InChI is InChI=1S/C19H16N4O2S/c1-12-6-7-15-16(10-12)26-19(21-15)22-17(24)8-9-23-11-20-14-5-3-2-4-13(14)18(23)25/h2-7,10-11H,8-9H2,1H3,(H,21,22,24). The SMILES string of the molecule is Cc1ccc2nc(NC(=O)CCn3cnc4ccccc4c3=O)sc2c1. The lowest BCUT2D eigenvalue weighted by molar-refractivity contribution is -0.116. The normalized spacial score (nSPS) is 11.1. The second-order valence-electron chi connectivity index (χ2n) is 6.05. The number of aromatic nitrogens is 3. The molecule has 6 nitrogen and oxygen atoms in total. The van der Waals surface area contributed by atoms with Crippen LogP contribution in [0.25, 0.3) is 21.1 Å². The third-order valence-corrected chi connectivity index (χ3v) is 5.04. The van der Waals surface area contributed by atoms with E-state index in [1.807, 2.05) is 31.2 Å². The van der Waals surface area contributed by atoms with E-state index in [2.05, 4.69) is 15.3 Å². The van der Waals surface area contributed by atoms with Crippen molar-refractivity contribution < 1.29 is 4.79 Å². The Kier molecular flexibility index (Phi) is 4.22. The Morgan fingerprint density at radius 1 is 1.19 bits per heavy atom. The van der Waals surface area contributed by atoms with Crippen LogP contribution in [-0.4, -0.2) is 20.4 Å². The van der Waals surface area contributed by atoms with Crippen LogP contribution < -0.4 is 10.9 Å². The number of para-hydroxylation sites is 1. The van der Waals surface area contributed by atoms with Gasteiger partial charge in [-0.3, -0.25) is 14.2 Å². The maximum atomic E-state index is 12.4. The van der Waals surface area contributed by atoms with Crippen molar-refractivity contribution in [3.63, 3.8) is 0 Å². The molecule has 1 N–H and O–H groups in total. The molecule has 0 atom stereocenters. The molecule has 4 aromatic rings. The molecule has 0 spiro atoms. The zero-order valence-electron chi connectivity index (χ0n) is 14.1. The van der Waals surface area contributed by atoms with Gasteiger partial charge in [0.1, 0.15) is 0 Å². The van der Waals surface area contributed by atoms with E-state index < -0.39 is 0 Å². The summed E-state index contributed by atoms with van der Waals surface area (Å²) in [5.41, 5.74) is 2.54. The lowest BCUT2D eigenvalue weighted by atomic mass is 10.2. The minimum Gasteiger partial charge on any atom is -0.302 e. The lowest BCUT2D eigenvalue weighted by Crippen LogP contribution is -2.23. The number of amides is 1. The molecule has 0 unspecified atom stereocenters. The Morgan fingerprint density at radius 2 is 2.04 bits per heavy atom. The predicted octanol–water partition coefficient (Wildman–Crippen LogP) is 3.34. The first kappa shape index (κ1) is 16.4. The molecule has 0 radical (unpaired) electrons. The second kappa shape index (κ2) is 6.68. The summed E-state index contributed by atoms with van der Waals surface area (Å²) in [6.07, 6.45) is 1.66. The Bertz CT molecular complexity index is 1180. The molecule has 0 aliphatic carbocycles. The van der Waals surface area contributed by atoms with Gasteiger partial charge in [0.25, 0.3) is 5.56 Å². The van der Waals surface area contributed by atoms with Gasteiger partial charge in [-0.05, 0) is 36.8 Å². The molecule has 2 heterocycles. The van der Waals surface area contributed by atoms with E-state index in [1.54, 1.807) is 18.2 Å². The van der Waals surface area contributed by atoms with Crippen molar-refractivity contribution in [2.45, 2.75) is 19.9 Å². The topological polar surface area (TPSA) is 76.9 Å². The van der Waals surface area contributed by atoms with E-state index in [4.69, 9.17) is 0 Å². The summed E-state index contributed by atoms with van der Waals surface area (Å²) in [7, 11) is 0. The number of carbonyl (C=O) groups is 1. The third kappa shape index (κ3) is 3.21. The number of nitrogens with zero attached hydrogens (tertiary/aromatic N) is 3. The van der Waals surface area contributed by atoms with Gasteiger partial charge in [0.2, 0.25) is 5.91 Å².